The first-order chi connectivity index (χ1) is 8.29. The maximum Gasteiger partial charge on any atom is 0.220 e. The molecule has 6 heteroatoms. The van der Waals surface area contributed by atoms with Gasteiger partial charge in [-0.05, 0) is 12.5 Å². The zero-order chi connectivity index (χ0) is 12.1. The van der Waals surface area contributed by atoms with Crippen molar-refractivity contribution >= 4 is 17.2 Å². The summed E-state index contributed by atoms with van der Waals surface area (Å²) in [5.74, 6) is 0.0435. The Balaban J connectivity index is 2.04. The fourth-order valence-corrected chi connectivity index (χ4v) is 2.21. The molecule has 0 saturated carbocycles. The van der Waals surface area contributed by atoms with Gasteiger partial charge in [0.1, 0.15) is 17.0 Å². The van der Waals surface area contributed by atoms with E-state index in [-0.39, 0.29) is 5.91 Å². The molecule has 88 valence electrons. The van der Waals surface area contributed by atoms with Crippen LogP contribution < -0.4 is 5.32 Å². The lowest BCUT2D eigenvalue weighted by atomic mass is 10.3. The van der Waals surface area contributed by atoms with Crippen LogP contribution in [0.25, 0.3) is 10.7 Å². The molecule has 17 heavy (non-hydrogen) atoms. The van der Waals surface area contributed by atoms with Crippen molar-refractivity contribution in [2.75, 3.05) is 7.05 Å². The Kier molecular flexibility index (Phi) is 3.77. The van der Waals surface area contributed by atoms with Crippen LogP contribution >= 0.6 is 11.3 Å². The summed E-state index contributed by atoms with van der Waals surface area (Å²) in [6.07, 6.45) is 6.18. The zero-order valence-corrected chi connectivity index (χ0v) is 10.2. The second-order valence-corrected chi connectivity index (χ2v) is 4.51. The second-order valence-electron chi connectivity index (χ2n) is 3.40. The normalized spacial score (nSPS) is 10.2. The van der Waals surface area contributed by atoms with Gasteiger partial charge in [0.05, 0.1) is 0 Å². The summed E-state index contributed by atoms with van der Waals surface area (Å²) in [6.45, 7) is 0. The van der Waals surface area contributed by atoms with E-state index in [1.165, 1.54) is 6.33 Å². The molecule has 0 aromatic carbocycles. The molecule has 2 aromatic rings. The summed E-state index contributed by atoms with van der Waals surface area (Å²) in [6, 6.07) is 1.82. The van der Waals surface area contributed by atoms with Crippen molar-refractivity contribution in [1.29, 1.82) is 0 Å². The summed E-state index contributed by atoms with van der Waals surface area (Å²) in [7, 11) is 1.64. The van der Waals surface area contributed by atoms with Crippen molar-refractivity contribution in [2.24, 2.45) is 0 Å². The van der Waals surface area contributed by atoms with Gasteiger partial charge < -0.3 is 5.32 Å². The minimum absolute atomic E-state index is 0.0435. The van der Waals surface area contributed by atoms with Crippen LogP contribution in [0.5, 0.6) is 0 Å². The van der Waals surface area contributed by atoms with Crippen molar-refractivity contribution in [1.82, 2.24) is 20.3 Å². The lowest BCUT2D eigenvalue weighted by molar-refractivity contribution is -0.120. The van der Waals surface area contributed by atoms with Crippen molar-refractivity contribution < 1.29 is 4.79 Å². The SMILES string of the molecule is CNC(=O)CCc1cnc(-c2ccncn2)s1. The van der Waals surface area contributed by atoms with E-state index < -0.39 is 0 Å². The molecule has 5 nitrogen and oxygen atoms in total. The van der Waals surface area contributed by atoms with Gasteiger partial charge in [-0.2, -0.15) is 0 Å². The number of aryl methyl sites for hydroxylation is 1. The summed E-state index contributed by atoms with van der Waals surface area (Å²) in [5.41, 5.74) is 0.816. The molecule has 0 aliphatic heterocycles. The highest BCUT2D eigenvalue weighted by atomic mass is 32.1. The highest BCUT2D eigenvalue weighted by Crippen LogP contribution is 2.23. The van der Waals surface area contributed by atoms with E-state index in [4.69, 9.17) is 0 Å². The molecule has 0 spiro atoms. The van der Waals surface area contributed by atoms with E-state index in [1.807, 2.05) is 6.07 Å². The molecule has 0 aliphatic carbocycles. The Labute approximate surface area is 103 Å². The minimum atomic E-state index is 0.0435. The molecule has 0 saturated heterocycles. The van der Waals surface area contributed by atoms with Gasteiger partial charge in [0.2, 0.25) is 5.91 Å². The van der Waals surface area contributed by atoms with Crippen LogP contribution in [0.3, 0.4) is 0 Å². The number of amides is 1. The highest BCUT2D eigenvalue weighted by molar-refractivity contribution is 7.15. The molecule has 0 aliphatic rings. The standard InChI is InChI=1S/C11H12N4OS/c1-12-10(16)3-2-8-6-14-11(17-8)9-4-5-13-7-15-9/h4-7H,2-3H2,1H3,(H,12,16). The summed E-state index contributed by atoms with van der Waals surface area (Å²) < 4.78 is 0. The Morgan fingerprint density at radius 2 is 2.35 bits per heavy atom. The largest absolute Gasteiger partial charge is 0.359 e. The van der Waals surface area contributed by atoms with Crippen LogP contribution in [0.15, 0.2) is 24.8 Å². The van der Waals surface area contributed by atoms with Crippen LogP contribution in [0.2, 0.25) is 0 Å². The van der Waals surface area contributed by atoms with Gasteiger partial charge >= 0.3 is 0 Å². The highest BCUT2D eigenvalue weighted by Gasteiger charge is 2.07. The average Bonchev–Trinajstić information content (AvgIpc) is 2.86. The molecule has 2 heterocycles. The van der Waals surface area contributed by atoms with Gasteiger partial charge in [-0.1, -0.05) is 0 Å². The smallest absolute Gasteiger partial charge is 0.220 e. The predicted octanol–water partition coefficient (Wildman–Crippen LogP) is 1.28. The fraction of sp³-hybridized carbons (Fsp3) is 0.273. The molecule has 1 amide bonds. The molecule has 2 aromatic heterocycles. The Morgan fingerprint density at radius 1 is 1.47 bits per heavy atom. The van der Waals surface area contributed by atoms with Gasteiger partial charge in [-0.3, -0.25) is 4.79 Å². The van der Waals surface area contributed by atoms with Gasteiger partial charge in [0.15, 0.2) is 0 Å². The molecule has 0 unspecified atom stereocenters. The molecule has 0 atom stereocenters. The molecule has 0 fully saturated rings. The van der Waals surface area contributed by atoms with E-state index in [9.17, 15) is 4.79 Å². The maximum absolute atomic E-state index is 11.1. The third kappa shape index (κ3) is 3.07. The van der Waals surface area contributed by atoms with Crippen molar-refractivity contribution in [3.8, 4) is 10.7 Å². The number of nitrogens with one attached hydrogen (secondary N) is 1. The molecule has 2 rings (SSSR count). The van der Waals surface area contributed by atoms with Gasteiger partial charge in [-0.15, -0.1) is 11.3 Å². The summed E-state index contributed by atoms with van der Waals surface area (Å²) in [5, 5.41) is 3.46. The topological polar surface area (TPSA) is 67.8 Å². The van der Waals surface area contributed by atoms with E-state index >= 15 is 0 Å². The third-order valence-electron chi connectivity index (χ3n) is 2.23. The minimum Gasteiger partial charge on any atom is -0.359 e. The number of hydrogen-bond acceptors (Lipinski definition) is 5. The molecular weight excluding hydrogens is 236 g/mol. The molecular formula is C11H12N4OS. The van der Waals surface area contributed by atoms with E-state index in [2.05, 4.69) is 20.3 Å². The van der Waals surface area contributed by atoms with Crippen molar-refractivity contribution in [3.63, 3.8) is 0 Å². The van der Waals surface area contributed by atoms with Crippen LogP contribution in [0.4, 0.5) is 0 Å². The Morgan fingerprint density at radius 3 is 3.06 bits per heavy atom. The van der Waals surface area contributed by atoms with E-state index in [0.717, 1.165) is 15.6 Å². The maximum atomic E-state index is 11.1. The monoisotopic (exact) mass is 248 g/mol. The van der Waals surface area contributed by atoms with E-state index in [0.29, 0.717) is 12.8 Å². The first-order valence-electron chi connectivity index (χ1n) is 5.21. The molecule has 0 radical (unpaired) electrons. The lowest BCUT2D eigenvalue weighted by Crippen LogP contribution is -2.17. The van der Waals surface area contributed by atoms with E-state index in [1.54, 1.807) is 30.8 Å². The number of rotatable bonds is 4. The van der Waals surface area contributed by atoms with Crippen LogP contribution in [-0.4, -0.2) is 27.9 Å². The zero-order valence-electron chi connectivity index (χ0n) is 9.38. The van der Waals surface area contributed by atoms with Crippen molar-refractivity contribution in [3.05, 3.63) is 29.7 Å². The number of carbonyl (C=O) groups is 1. The predicted molar refractivity (Wildman–Crippen MR) is 65.5 cm³/mol. The first-order valence-corrected chi connectivity index (χ1v) is 6.03. The van der Waals surface area contributed by atoms with Crippen LogP contribution in [0, 0.1) is 0 Å². The van der Waals surface area contributed by atoms with Gasteiger partial charge in [0.25, 0.3) is 0 Å². The number of carbonyl (C=O) groups excluding carboxylic acids is 1. The number of hydrogen-bond donors (Lipinski definition) is 1. The number of aromatic nitrogens is 3. The van der Waals surface area contributed by atoms with Gasteiger partial charge in [0, 0.05) is 30.7 Å². The first kappa shape index (κ1) is 11.7. The summed E-state index contributed by atoms with van der Waals surface area (Å²) in [4.78, 5) is 24.5. The summed E-state index contributed by atoms with van der Waals surface area (Å²) >= 11 is 1.56. The van der Waals surface area contributed by atoms with Crippen LogP contribution in [-0.2, 0) is 11.2 Å². The van der Waals surface area contributed by atoms with Crippen LogP contribution in [0.1, 0.15) is 11.3 Å². The molecule has 0 bridgehead atoms. The Hall–Kier alpha value is -1.82. The fourth-order valence-electron chi connectivity index (χ4n) is 1.32. The van der Waals surface area contributed by atoms with Gasteiger partial charge in [-0.25, -0.2) is 15.0 Å². The van der Waals surface area contributed by atoms with Crippen molar-refractivity contribution in [2.45, 2.75) is 12.8 Å². The lowest BCUT2D eigenvalue weighted by Gasteiger charge is -1.96. The quantitative estimate of drug-likeness (QED) is 0.885. The molecule has 1 N–H and O–H groups in total. The Bertz CT molecular complexity index is 497. The number of nitrogens with zero attached hydrogens (tertiary/aromatic N) is 3. The average molecular weight is 248 g/mol. The number of thiazole rings is 1. The second kappa shape index (κ2) is 5.49. The third-order valence-corrected chi connectivity index (χ3v) is 3.31.